The first-order valence-corrected chi connectivity index (χ1v) is 6.95. The Morgan fingerprint density at radius 3 is 2.74 bits per heavy atom. The first-order chi connectivity index (χ1) is 9.06. The topological polar surface area (TPSA) is 42.0 Å². The lowest BCUT2D eigenvalue weighted by molar-refractivity contribution is -0.115. The van der Waals surface area contributed by atoms with Gasteiger partial charge in [-0.05, 0) is 45.8 Å². The van der Waals surface area contributed by atoms with Gasteiger partial charge >= 0.3 is 0 Å². The predicted molar refractivity (Wildman–Crippen MR) is 80.7 cm³/mol. The van der Waals surface area contributed by atoms with Crippen LogP contribution < -0.4 is 5.32 Å². The predicted octanol–water partition coefficient (Wildman–Crippen LogP) is 4.33. The molecule has 1 N–H and O–H groups in total. The van der Waals surface area contributed by atoms with E-state index in [1.165, 1.54) is 0 Å². The molecule has 2 rings (SSSR count). The van der Waals surface area contributed by atoms with E-state index in [9.17, 15) is 4.79 Å². The Morgan fingerprint density at radius 1 is 1.26 bits per heavy atom. The number of aromatic nitrogens is 1. The summed E-state index contributed by atoms with van der Waals surface area (Å²) >= 11 is 15.0. The van der Waals surface area contributed by atoms with Crippen molar-refractivity contribution in [3.63, 3.8) is 0 Å². The van der Waals surface area contributed by atoms with Crippen LogP contribution in [-0.2, 0) is 11.2 Å². The molecular formula is C13H9BrCl2N2O. The van der Waals surface area contributed by atoms with Gasteiger partial charge in [-0.25, -0.2) is 4.98 Å². The smallest absolute Gasteiger partial charge is 0.229 e. The molecule has 0 unspecified atom stereocenters. The molecule has 6 heteroatoms. The Hall–Kier alpha value is -1.10. The van der Waals surface area contributed by atoms with Crippen molar-refractivity contribution in [1.82, 2.24) is 4.98 Å². The van der Waals surface area contributed by atoms with Gasteiger partial charge in [-0.15, -0.1) is 0 Å². The second kappa shape index (κ2) is 6.37. The highest BCUT2D eigenvalue weighted by molar-refractivity contribution is 9.10. The third kappa shape index (κ3) is 3.93. The lowest BCUT2D eigenvalue weighted by Crippen LogP contribution is -2.15. The van der Waals surface area contributed by atoms with Crippen LogP contribution in [0.1, 0.15) is 5.56 Å². The number of anilines is 1. The molecule has 0 radical (unpaired) electrons. The van der Waals surface area contributed by atoms with Gasteiger partial charge in [0.1, 0.15) is 5.82 Å². The first kappa shape index (κ1) is 14.3. The van der Waals surface area contributed by atoms with Crippen LogP contribution in [-0.4, -0.2) is 10.9 Å². The highest BCUT2D eigenvalue weighted by Gasteiger charge is 2.08. The molecule has 1 amide bonds. The quantitative estimate of drug-likeness (QED) is 0.885. The summed E-state index contributed by atoms with van der Waals surface area (Å²) in [5.74, 6) is 0.324. The summed E-state index contributed by atoms with van der Waals surface area (Å²) in [5, 5.41) is 3.63. The highest BCUT2D eigenvalue weighted by atomic mass is 79.9. The Kier molecular flexibility index (Phi) is 4.80. The molecule has 1 aromatic heterocycles. The molecule has 0 aliphatic rings. The third-order valence-electron chi connectivity index (χ3n) is 2.36. The normalized spacial score (nSPS) is 10.3. The van der Waals surface area contributed by atoms with Crippen LogP contribution in [0.5, 0.6) is 0 Å². The zero-order chi connectivity index (χ0) is 13.8. The Balaban J connectivity index is 2.05. The van der Waals surface area contributed by atoms with Gasteiger partial charge in [0, 0.05) is 6.20 Å². The second-order valence-electron chi connectivity index (χ2n) is 3.81. The molecule has 98 valence electrons. The summed E-state index contributed by atoms with van der Waals surface area (Å²) in [4.78, 5) is 15.9. The van der Waals surface area contributed by atoms with Crippen LogP contribution in [0.15, 0.2) is 41.0 Å². The number of amides is 1. The first-order valence-electron chi connectivity index (χ1n) is 5.40. The van der Waals surface area contributed by atoms with E-state index in [1.54, 1.807) is 30.5 Å². The van der Waals surface area contributed by atoms with Crippen molar-refractivity contribution in [1.29, 1.82) is 0 Å². The maximum Gasteiger partial charge on any atom is 0.229 e. The van der Waals surface area contributed by atoms with Gasteiger partial charge in [0.05, 0.1) is 20.9 Å². The summed E-state index contributed by atoms with van der Waals surface area (Å²) in [5.41, 5.74) is 0.791. The van der Waals surface area contributed by atoms with E-state index in [2.05, 4.69) is 26.2 Å². The van der Waals surface area contributed by atoms with Crippen molar-refractivity contribution < 1.29 is 4.79 Å². The number of pyridine rings is 1. The van der Waals surface area contributed by atoms with Gasteiger partial charge in [0.2, 0.25) is 5.91 Å². The molecule has 0 atom stereocenters. The summed E-state index contributed by atoms with van der Waals surface area (Å²) < 4.78 is 0.734. The van der Waals surface area contributed by atoms with Crippen LogP contribution in [0, 0.1) is 0 Å². The van der Waals surface area contributed by atoms with Gasteiger partial charge < -0.3 is 5.32 Å². The van der Waals surface area contributed by atoms with E-state index in [0.717, 1.165) is 10.0 Å². The van der Waals surface area contributed by atoms with Crippen LogP contribution in [0.25, 0.3) is 0 Å². The molecule has 3 nitrogen and oxygen atoms in total. The largest absolute Gasteiger partial charge is 0.309 e. The van der Waals surface area contributed by atoms with E-state index < -0.39 is 0 Å². The number of hydrogen-bond acceptors (Lipinski definition) is 2. The molecule has 0 fully saturated rings. The van der Waals surface area contributed by atoms with Crippen molar-refractivity contribution in [2.75, 3.05) is 5.32 Å². The van der Waals surface area contributed by atoms with Crippen LogP contribution in [0.3, 0.4) is 0 Å². The fourth-order valence-electron chi connectivity index (χ4n) is 1.49. The number of rotatable bonds is 3. The molecule has 19 heavy (non-hydrogen) atoms. The van der Waals surface area contributed by atoms with E-state index in [-0.39, 0.29) is 12.3 Å². The van der Waals surface area contributed by atoms with E-state index in [1.807, 2.05) is 6.07 Å². The molecule has 1 heterocycles. The number of benzene rings is 1. The fourth-order valence-corrected chi connectivity index (χ4v) is 2.16. The van der Waals surface area contributed by atoms with Gasteiger partial charge in [0.25, 0.3) is 0 Å². The Bertz CT molecular complexity index is 619. The van der Waals surface area contributed by atoms with Crippen LogP contribution in [0.4, 0.5) is 5.82 Å². The van der Waals surface area contributed by atoms with Crippen molar-refractivity contribution in [2.45, 2.75) is 6.42 Å². The molecule has 2 aromatic rings. The van der Waals surface area contributed by atoms with Gasteiger partial charge in [-0.2, -0.15) is 0 Å². The number of nitrogens with zero attached hydrogens (tertiary/aromatic N) is 1. The van der Waals surface area contributed by atoms with Crippen molar-refractivity contribution >= 4 is 50.9 Å². The van der Waals surface area contributed by atoms with Crippen LogP contribution >= 0.6 is 39.1 Å². The number of halogens is 3. The summed E-state index contributed by atoms with van der Waals surface area (Å²) in [6, 6.07) is 8.70. The second-order valence-corrected chi connectivity index (χ2v) is 5.48. The molecule has 0 saturated carbocycles. The van der Waals surface area contributed by atoms with Crippen LogP contribution in [0.2, 0.25) is 10.0 Å². The number of hydrogen-bond donors (Lipinski definition) is 1. The Morgan fingerprint density at radius 2 is 2.05 bits per heavy atom. The molecular weight excluding hydrogens is 351 g/mol. The van der Waals surface area contributed by atoms with Gasteiger partial charge in [-0.3, -0.25) is 4.79 Å². The number of carbonyl (C=O) groups is 1. The minimum Gasteiger partial charge on any atom is -0.309 e. The molecule has 0 saturated heterocycles. The van der Waals surface area contributed by atoms with Gasteiger partial charge in [0.15, 0.2) is 0 Å². The summed E-state index contributed by atoms with van der Waals surface area (Å²) in [7, 11) is 0. The lowest BCUT2D eigenvalue weighted by atomic mass is 10.1. The zero-order valence-corrected chi connectivity index (χ0v) is 12.8. The van der Waals surface area contributed by atoms with Gasteiger partial charge in [-0.1, -0.05) is 29.3 Å². The standard InChI is InChI=1S/C13H9BrCl2N2O/c14-9-2-1-5-17-13(9)18-12(19)7-8-3-4-10(15)11(16)6-8/h1-6H,7H2,(H,17,18,19). The van der Waals surface area contributed by atoms with Crippen molar-refractivity contribution in [2.24, 2.45) is 0 Å². The maximum atomic E-state index is 11.9. The lowest BCUT2D eigenvalue weighted by Gasteiger charge is -2.06. The zero-order valence-electron chi connectivity index (χ0n) is 9.66. The molecule has 0 bridgehead atoms. The third-order valence-corrected chi connectivity index (χ3v) is 3.74. The average Bonchev–Trinajstić information content (AvgIpc) is 2.37. The van der Waals surface area contributed by atoms with E-state index >= 15 is 0 Å². The highest BCUT2D eigenvalue weighted by Crippen LogP contribution is 2.23. The average molecular weight is 360 g/mol. The van der Waals surface area contributed by atoms with E-state index in [0.29, 0.717) is 15.9 Å². The van der Waals surface area contributed by atoms with Crippen molar-refractivity contribution in [3.8, 4) is 0 Å². The monoisotopic (exact) mass is 358 g/mol. The summed E-state index contributed by atoms with van der Waals surface area (Å²) in [6.45, 7) is 0. The minimum absolute atomic E-state index is 0.169. The maximum absolute atomic E-state index is 11.9. The molecule has 0 aliphatic heterocycles. The van der Waals surface area contributed by atoms with Crippen molar-refractivity contribution in [3.05, 3.63) is 56.6 Å². The SMILES string of the molecule is O=C(Cc1ccc(Cl)c(Cl)c1)Nc1ncccc1Br. The molecule has 1 aromatic carbocycles. The minimum atomic E-state index is -0.169. The fraction of sp³-hybridized carbons (Fsp3) is 0.0769. The molecule has 0 aliphatic carbocycles. The number of carbonyl (C=O) groups excluding carboxylic acids is 1. The Labute approximate surface area is 129 Å². The van der Waals surface area contributed by atoms with E-state index in [4.69, 9.17) is 23.2 Å². The number of nitrogens with one attached hydrogen (secondary N) is 1. The summed E-state index contributed by atoms with van der Waals surface area (Å²) in [6.07, 6.45) is 1.82. The molecule has 0 spiro atoms.